The van der Waals surface area contributed by atoms with Crippen LogP contribution in [0.4, 0.5) is 10.1 Å². The van der Waals surface area contributed by atoms with E-state index < -0.39 is 0 Å². The highest BCUT2D eigenvalue weighted by atomic mass is 19.1. The molecule has 108 valence electrons. The van der Waals surface area contributed by atoms with Crippen LogP contribution >= 0.6 is 0 Å². The molecule has 0 aromatic heterocycles. The van der Waals surface area contributed by atoms with Gasteiger partial charge in [0.15, 0.2) is 11.6 Å². The van der Waals surface area contributed by atoms with Gasteiger partial charge >= 0.3 is 0 Å². The Hall–Kier alpha value is -2.45. The first-order chi connectivity index (χ1) is 10.0. The summed E-state index contributed by atoms with van der Waals surface area (Å²) in [7, 11) is 0. The van der Waals surface area contributed by atoms with Crippen molar-refractivity contribution in [1.82, 2.24) is 0 Å². The van der Waals surface area contributed by atoms with Gasteiger partial charge < -0.3 is 4.74 Å². The molecule has 0 fully saturated rings. The molecule has 0 aliphatic carbocycles. The molecule has 0 bridgehead atoms. The van der Waals surface area contributed by atoms with Gasteiger partial charge in [0.25, 0.3) is 0 Å². The molecule has 0 heterocycles. The largest absolute Gasteiger partial charge is 0.485 e. The molecular weight excluding hydrogens is 269 g/mol. The topological polar surface area (TPSA) is 38.7 Å². The van der Waals surface area contributed by atoms with Crippen LogP contribution in [0.3, 0.4) is 0 Å². The molecule has 0 atom stereocenters. The van der Waals surface area contributed by atoms with Gasteiger partial charge in [-0.3, -0.25) is 0 Å². The number of aliphatic imine (C=N–C) groups is 1. The van der Waals surface area contributed by atoms with Crippen molar-refractivity contribution in [3.63, 3.8) is 0 Å². The van der Waals surface area contributed by atoms with Gasteiger partial charge in [0, 0.05) is 5.56 Å². The molecule has 0 aliphatic heterocycles. The van der Waals surface area contributed by atoms with Gasteiger partial charge in [0.2, 0.25) is 6.08 Å². The van der Waals surface area contributed by atoms with Crippen molar-refractivity contribution < 1.29 is 13.9 Å². The molecule has 0 radical (unpaired) electrons. The Morgan fingerprint density at radius 2 is 1.90 bits per heavy atom. The van der Waals surface area contributed by atoms with Gasteiger partial charge in [-0.25, -0.2) is 9.18 Å². The zero-order chi connectivity index (χ0) is 15.4. The molecule has 0 spiro atoms. The number of isocyanates is 1. The zero-order valence-electron chi connectivity index (χ0n) is 12.2. The fraction of sp³-hybridized carbons (Fsp3) is 0.235. The fourth-order valence-electron chi connectivity index (χ4n) is 2.13. The normalized spacial score (nSPS) is 10.1. The number of rotatable bonds is 4. The lowest BCUT2D eigenvalue weighted by Crippen LogP contribution is -2.02. The Balaban J connectivity index is 2.29. The summed E-state index contributed by atoms with van der Waals surface area (Å²) in [6.07, 6.45) is 1.51. The van der Waals surface area contributed by atoms with Crippen molar-refractivity contribution in [3.05, 3.63) is 58.4 Å². The molecule has 2 rings (SSSR count). The van der Waals surface area contributed by atoms with Crippen LogP contribution in [-0.4, -0.2) is 6.08 Å². The Morgan fingerprint density at radius 3 is 2.62 bits per heavy atom. The third-order valence-electron chi connectivity index (χ3n) is 3.44. The summed E-state index contributed by atoms with van der Waals surface area (Å²) in [5.41, 5.74) is 3.40. The molecule has 0 aliphatic rings. The Labute approximate surface area is 123 Å². The summed E-state index contributed by atoms with van der Waals surface area (Å²) in [5.74, 6) is -0.105. The third-order valence-corrected chi connectivity index (χ3v) is 3.44. The number of hydrogen-bond donors (Lipinski definition) is 0. The van der Waals surface area contributed by atoms with E-state index in [-0.39, 0.29) is 18.2 Å². The monoisotopic (exact) mass is 285 g/mol. The van der Waals surface area contributed by atoms with Crippen LogP contribution in [0, 0.1) is 26.6 Å². The SMILES string of the molecule is Cc1cc(C)c(OCc2ccccc2N=C=O)c(F)c1C. The van der Waals surface area contributed by atoms with Crippen LogP contribution in [0.1, 0.15) is 22.3 Å². The zero-order valence-corrected chi connectivity index (χ0v) is 12.2. The van der Waals surface area contributed by atoms with Gasteiger partial charge in [0.1, 0.15) is 6.61 Å². The summed E-state index contributed by atoms with van der Waals surface area (Å²) in [4.78, 5) is 14.0. The minimum absolute atomic E-state index is 0.140. The highest BCUT2D eigenvalue weighted by molar-refractivity contribution is 5.53. The Kier molecular flexibility index (Phi) is 4.51. The second-order valence-corrected chi connectivity index (χ2v) is 4.90. The predicted octanol–water partition coefficient (Wildman–Crippen LogP) is 4.30. The molecule has 0 saturated heterocycles. The van der Waals surface area contributed by atoms with Crippen LogP contribution in [0.25, 0.3) is 0 Å². The van der Waals surface area contributed by atoms with Crippen molar-refractivity contribution in [1.29, 1.82) is 0 Å². The number of halogens is 1. The molecule has 2 aromatic rings. The van der Waals surface area contributed by atoms with Crippen LogP contribution in [-0.2, 0) is 11.4 Å². The molecule has 2 aromatic carbocycles. The number of ether oxygens (including phenoxy) is 1. The first-order valence-electron chi connectivity index (χ1n) is 6.59. The van der Waals surface area contributed by atoms with E-state index in [4.69, 9.17) is 4.74 Å². The van der Waals surface area contributed by atoms with Crippen molar-refractivity contribution >= 4 is 11.8 Å². The van der Waals surface area contributed by atoms with E-state index in [1.165, 1.54) is 6.08 Å². The second-order valence-electron chi connectivity index (χ2n) is 4.90. The van der Waals surface area contributed by atoms with Gasteiger partial charge in [-0.05, 0) is 43.5 Å². The molecule has 21 heavy (non-hydrogen) atoms. The number of para-hydroxylation sites is 1. The smallest absolute Gasteiger partial charge is 0.240 e. The lowest BCUT2D eigenvalue weighted by atomic mass is 10.1. The molecule has 0 N–H and O–H groups in total. The van der Waals surface area contributed by atoms with Crippen molar-refractivity contribution in [2.75, 3.05) is 0 Å². The second kappa shape index (κ2) is 6.33. The van der Waals surface area contributed by atoms with Crippen LogP contribution in [0.15, 0.2) is 35.3 Å². The van der Waals surface area contributed by atoms with Gasteiger partial charge in [-0.2, -0.15) is 4.99 Å². The summed E-state index contributed by atoms with van der Waals surface area (Å²) in [6, 6.07) is 8.94. The summed E-state index contributed by atoms with van der Waals surface area (Å²) in [5, 5.41) is 0. The maximum absolute atomic E-state index is 14.3. The number of nitrogens with zero attached hydrogens (tertiary/aromatic N) is 1. The number of hydrogen-bond acceptors (Lipinski definition) is 3. The van der Waals surface area contributed by atoms with Crippen molar-refractivity contribution in [2.45, 2.75) is 27.4 Å². The maximum Gasteiger partial charge on any atom is 0.240 e. The van der Waals surface area contributed by atoms with Gasteiger partial charge in [-0.1, -0.05) is 24.3 Å². The van der Waals surface area contributed by atoms with Gasteiger partial charge in [0.05, 0.1) is 5.69 Å². The van der Waals surface area contributed by atoms with E-state index in [2.05, 4.69) is 4.99 Å². The third kappa shape index (κ3) is 3.18. The van der Waals surface area contributed by atoms with E-state index >= 15 is 0 Å². The van der Waals surface area contributed by atoms with E-state index in [0.717, 1.165) is 11.1 Å². The van der Waals surface area contributed by atoms with E-state index in [0.29, 0.717) is 16.8 Å². The average Bonchev–Trinajstić information content (AvgIpc) is 2.47. The molecule has 0 amide bonds. The van der Waals surface area contributed by atoms with E-state index in [9.17, 15) is 9.18 Å². The van der Waals surface area contributed by atoms with E-state index in [1.807, 2.05) is 19.1 Å². The number of carbonyl (C=O) groups excluding carboxylic acids is 1. The number of benzene rings is 2. The lowest BCUT2D eigenvalue weighted by molar-refractivity contribution is 0.287. The van der Waals surface area contributed by atoms with Crippen LogP contribution in [0.5, 0.6) is 5.75 Å². The summed E-state index contributed by atoms with van der Waals surface area (Å²) in [6.45, 7) is 5.53. The summed E-state index contributed by atoms with van der Waals surface area (Å²) >= 11 is 0. The highest BCUT2D eigenvalue weighted by Gasteiger charge is 2.13. The van der Waals surface area contributed by atoms with Crippen LogP contribution in [0.2, 0.25) is 0 Å². The van der Waals surface area contributed by atoms with Crippen LogP contribution < -0.4 is 4.74 Å². The fourth-order valence-corrected chi connectivity index (χ4v) is 2.13. The van der Waals surface area contributed by atoms with Crippen molar-refractivity contribution in [3.8, 4) is 5.75 Å². The minimum atomic E-state index is -0.344. The van der Waals surface area contributed by atoms with E-state index in [1.54, 1.807) is 32.0 Å². The maximum atomic E-state index is 14.3. The standard InChI is InChI=1S/C17H16FNO2/c1-11-8-12(2)17(16(18)13(11)3)21-9-14-6-4-5-7-15(14)19-10-20/h4-8H,9H2,1-3H3. The Bertz CT molecular complexity index is 719. The quantitative estimate of drug-likeness (QED) is 0.620. The predicted molar refractivity (Wildman–Crippen MR) is 79.2 cm³/mol. The first-order valence-corrected chi connectivity index (χ1v) is 6.59. The average molecular weight is 285 g/mol. The molecule has 0 saturated carbocycles. The minimum Gasteiger partial charge on any atom is -0.485 e. The molecule has 3 nitrogen and oxygen atoms in total. The first kappa shape index (κ1) is 14.9. The van der Waals surface area contributed by atoms with Gasteiger partial charge in [-0.15, -0.1) is 0 Å². The lowest BCUT2D eigenvalue weighted by Gasteiger charge is -2.14. The molecule has 4 heteroatoms. The summed E-state index contributed by atoms with van der Waals surface area (Å²) < 4.78 is 19.9. The Morgan fingerprint density at radius 1 is 1.19 bits per heavy atom. The molecular formula is C17H16FNO2. The number of aryl methyl sites for hydroxylation is 2. The highest BCUT2D eigenvalue weighted by Crippen LogP contribution is 2.29. The van der Waals surface area contributed by atoms with Crippen molar-refractivity contribution in [2.24, 2.45) is 4.99 Å². The molecule has 0 unspecified atom stereocenters.